The Morgan fingerprint density at radius 2 is 2.06 bits per heavy atom. The Morgan fingerprint density at radius 3 is 2.78 bits per heavy atom. The fourth-order valence-corrected chi connectivity index (χ4v) is 3.49. The van der Waals surface area contributed by atoms with Crippen LogP contribution in [0.1, 0.15) is 31.2 Å². The molecule has 0 saturated carbocycles. The first-order valence-electron chi connectivity index (χ1n) is 6.66. The second-order valence-electron chi connectivity index (χ2n) is 5.46. The van der Waals surface area contributed by atoms with E-state index in [0.29, 0.717) is 19.0 Å². The van der Waals surface area contributed by atoms with Crippen molar-refractivity contribution in [3.8, 4) is 0 Å². The van der Waals surface area contributed by atoms with Crippen LogP contribution in [0.15, 0.2) is 30.3 Å². The van der Waals surface area contributed by atoms with Crippen molar-refractivity contribution < 1.29 is 4.92 Å². The van der Waals surface area contributed by atoms with E-state index in [-0.39, 0.29) is 4.92 Å². The minimum atomic E-state index is -0.887. The van der Waals surface area contributed by atoms with Gasteiger partial charge in [-0.3, -0.25) is 15.0 Å². The summed E-state index contributed by atoms with van der Waals surface area (Å²) in [6, 6.07) is 10.1. The third-order valence-electron chi connectivity index (χ3n) is 4.52. The van der Waals surface area contributed by atoms with E-state index in [0.717, 1.165) is 18.5 Å². The highest BCUT2D eigenvalue weighted by atomic mass is 16.6. The van der Waals surface area contributed by atoms with Gasteiger partial charge < -0.3 is 0 Å². The number of nitrogens with zero attached hydrogens (tertiary/aromatic N) is 2. The molecular formula is C14H18N2O2. The summed E-state index contributed by atoms with van der Waals surface area (Å²) in [6.07, 6.45) is 4.02. The number of rotatable bonds is 2. The number of benzene rings is 1. The molecular weight excluding hydrogens is 228 g/mol. The monoisotopic (exact) mass is 246 g/mol. The van der Waals surface area contributed by atoms with Crippen molar-refractivity contribution in [2.24, 2.45) is 0 Å². The van der Waals surface area contributed by atoms with Crippen molar-refractivity contribution in [1.82, 2.24) is 4.90 Å². The molecule has 2 heterocycles. The Balaban J connectivity index is 1.96. The zero-order chi connectivity index (χ0) is 12.6. The molecule has 4 heteroatoms. The second-order valence-corrected chi connectivity index (χ2v) is 5.46. The Morgan fingerprint density at radius 1 is 1.28 bits per heavy atom. The van der Waals surface area contributed by atoms with Crippen molar-refractivity contribution in [1.29, 1.82) is 0 Å². The molecule has 0 amide bonds. The van der Waals surface area contributed by atoms with Gasteiger partial charge >= 0.3 is 0 Å². The SMILES string of the molecule is O=[N+]([O-])[C@]1(c2ccccc2)CC[C@@H]2CCCN2C1. The van der Waals surface area contributed by atoms with E-state index in [4.69, 9.17) is 0 Å². The largest absolute Gasteiger partial charge is 0.293 e. The van der Waals surface area contributed by atoms with Gasteiger partial charge in [0.05, 0.1) is 6.54 Å². The molecule has 2 aliphatic rings. The first-order valence-corrected chi connectivity index (χ1v) is 6.66. The molecule has 0 radical (unpaired) electrons. The normalized spacial score (nSPS) is 32.1. The van der Waals surface area contributed by atoms with Gasteiger partial charge in [0.15, 0.2) is 0 Å². The van der Waals surface area contributed by atoms with Crippen LogP contribution in [0.3, 0.4) is 0 Å². The quantitative estimate of drug-likeness (QED) is 0.594. The van der Waals surface area contributed by atoms with Crippen LogP contribution in [0.5, 0.6) is 0 Å². The molecule has 2 saturated heterocycles. The van der Waals surface area contributed by atoms with Crippen molar-refractivity contribution in [3.63, 3.8) is 0 Å². The van der Waals surface area contributed by atoms with Gasteiger partial charge in [0.25, 0.3) is 5.54 Å². The average Bonchev–Trinajstić information content (AvgIpc) is 2.86. The lowest BCUT2D eigenvalue weighted by molar-refractivity contribution is -0.585. The molecule has 0 aliphatic carbocycles. The van der Waals surface area contributed by atoms with Gasteiger partial charge in [0.1, 0.15) is 0 Å². The highest BCUT2D eigenvalue weighted by molar-refractivity contribution is 5.24. The number of nitro groups is 1. The molecule has 0 spiro atoms. The summed E-state index contributed by atoms with van der Waals surface area (Å²) in [7, 11) is 0. The highest BCUT2D eigenvalue weighted by Crippen LogP contribution is 2.39. The van der Waals surface area contributed by atoms with E-state index in [2.05, 4.69) is 4.90 Å². The lowest BCUT2D eigenvalue weighted by Gasteiger charge is -2.38. The van der Waals surface area contributed by atoms with Crippen LogP contribution in [0, 0.1) is 10.1 Å². The summed E-state index contributed by atoms with van der Waals surface area (Å²) in [6.45, 7) is 1.60. The second kappa shape index (κ2) is 4.35. The summed E-state index contributed by atoms with van der Waals surface area (Å²) in [5.74, 6) is 0. The van der Waals surface area contributed by atoms with Crippen LogP contribution >= 0.6 is 0 Å². The molecule has 0 bridgehead atoms. The molecule has 0 unspecified atom stereocenters. The Labute approximate surface area is 107 Å². The van der Waals surface area contributed by atoms with Crippen molar-refractivity contribution in [3.05, 3.63) is 46.0 Å². The van der Waals surface area contributed by atoms with Gasteiger partial charge in [-0.2, -0.15) is 0 Å². The Bertz CT molecular complexity index is 448. The minimum absolute atomic E-state index is 0.0587. The van der Waals surface area contributed by atoms with E-state index in [1.807, 2.05) is 30.3 Å². The standard InChI is InChI=1S/C14H18N2O2/c17-16(18)14(12-5-2-1-3-6-12)9-8-13-7-4-10-15(13)11-14/h1-3,5-6,13H,4,7-11H2/t13-,14+/m0/s1. The van der Waals surface area contributed by atoms with Crippen molar-refractivity contribution in [2.75, 3.05) is 13.1 Å². The number of fused-ring (bicyclic) bond motifs is 1. The molecule has 18 heavy (non-hydrogen) atoms. The predicted octanol–water partition coefficient (Wildman–Crippen LogP) is 2.42. The zero-order valence-electron chi connectivity index (χ0n) is 10.4. The Kier molecular flexibility index (Phi) is 2.82. The van der Waals surface area contributed by atoms with E-state index in [1.165, 1.54) is 12.8 Å². The molecule has 1 aromatic rings. The molecule has 2 aliphatic heterocycles. The van der Waals surface area contributed by atoms with Crippen LogP contribution in [0.2, 0.25) is 0 Å². The lowest BCUT2D eigenvalue weighted by Crippen LogP contribution is -2.52. The van der Waals surface area contributed by atoms with Crippen LogP contribution in [0.25, 0.3) is 0 Å². The molecule has 0 N–H and O–H groups in total. The predicted molar refractivity (Wildman–Crippen MR) is 68.9 cm³/mol. The summed E-state index contributed by atoms with van der Waals surface area (Å²) in [4.78, 5) is 13.9. The van der Waals surface area contributed by atoms with Gasteiger partial charge in [-0.25, -0.2) is 0 Å². The summed E-state index contributed by atoms with van der Waals surface area (Å²) >= 11 is 0. The van der Waals surface area contributed by atoms with Crippen LogP contribution in [-0.4, -0.2) is 29.0 Å². The number of piperidine rings is 1. The van der Waals surface area contributed by atoms with Crippen LogP contribution in [0.4, 0.5) is 0 Å². The number of hydrogen-bond donors (Lipinski definition) is 0. The molecule has 4 nitrogen and oxygen atoms in total. The molecule has 2 fully saturated rings. The third kappa shape index (κ3) is 1.72. The molecule has 96 valence electrons. The van der Waals surface area contributed by atoms with Gasteiger partial charge in [-0.05, 0) is 25.8 Å². The first kappa shape index (κ1) is 11.7. The van der Waals surface area contributed by atoms with Crippen LogP contribution < -0.4 is 0 Å². The maximum atomic E-state index is 11.6. The molecule has 1 aromatic carbocycles. The maximum absolute atomic E-state index is 11.6. The Hall–Kier alpha value is -1.42. The zero-order valence-corrected chi connectivity index (χ0v) is 10.4. The first-order chi connectivity index (χ1) is 8.72. The van der Waals surface area contributed by atoms with Crippen molar-refractivity contribution >= 4 is 0 Å². The summed E-state index contributed by atoms with van der Waals surface area (Å²) in [5.41, 5.74) is -0.0254. The van der Waals surface area contributed by atoms with Gasteiger partial charge in [-0.1, -0.05) is 30.3 Å². The fraction of sp³-hybridized carbons (Fsp3) is 0.571. The maximum Gasteiger partial charge on any atom is 0.259 e. The molecule has 3 rings (SSSR count). The van der Waals surface area contributed by atoms with Crippen LogP contribution in [-0.2, 0) is 5.54 Å². The van der Waals surface area contributed by atoms with Gasteiger partial charge in [-0.15, -0.1) is 0 Å². The molecule has 0 aromatic heterocycles. The topological polar surface area (TPSA) is 46.4 Å². The van der Waals surface area contributed by atoms with Crippen molar-refractivity contribution in [2.45, 2.75) is 37.3 Å². The lowest BCUT2D eigenvalue weighted by atomic mass is 9.81. The highest BCUT2D eigenvalue weighted by Gasteiger charge is 2.51. The molecule has 2 atom stereocenters. The van der Waals surface area contributed by atoms with E-state index < -0.39 is 5.54 Å². The third-order valence-corrected chi connectivity index (χ3v) is 4.52. The number of hydrogen-bond acceptors (Lipinski definition) is 3. The van der Waals surface area contributed by atoms with Gasteiger partial charge in [0.2, 0.25) is 0 Å². The summed E-state index contributed by atoms with van der Waals surface area (Å²) < 4.78 is 0. The van der Waals surface area contributed by atoms with E-state index in [9.17, 15) is 10.1 Å². The summed E-state index contributed by atoms with van der Waals surface area (Å²) in [5, 5.41) is 11.6. The average molecular weight is 246 g/mol. The van der Waals surface area contributed by atoms with E-state index in [1.54, 1.807) is 0 Å². The smallest absolute Gasteiger partial charge is 0.259 e. The fourth-order valence-electron chi connectivity index (χ4n) is 3.49. The minimum Gasteiger partial charge on any atom is -0.293 e. The van der Waals surface area contributed by atoms with Gasteiger partial charge in [0, 0.05) is 22.9 Å². The van der Waals surface area contributed by atoms with E-state index >= 15 is 0 Å².